The van der Waals surface area contributed by atoms with Crippen molar-refractivity contribution in [3.63, 3.8) is 0 Å². The highest BCUT2D eigenvalue weighted by Gasteiger charge is 2.36. The summed E-state index contributed by atoms with van der Waals surface area (Å²) in [5.41, 5.74) is 2.81. The highest BCUT2D eigenvalue weighted by atomic mass is 16.5. The van der Waals surface area contributed by atoms with Crippen LogP contribution in [0.25, 0.3) is 0 Å². The predicted octanol–water partition coefficient (Wildman–Crippen LogP) is 4.74. The fourth-order valence-corrected chi connectivity index (χ4v) is 3.71. The molecule has 0 fully saturated rings. The lowest BCUT2D eigenvalue weighted by molar-refractivity contribution is -0.135. The third-order valence-corrected chi connectivity index (χ3v) is 4.94. The molecule has 0 spiro atoms. The minimum Gasteiger partial charge on any atom is -0.497 e. The third kappa shape index (κ3) is 3.93. The van der Waals surface area contributed by atoms with Crippen LogP contribution in [-0.4, -0.2) is 27.3 Å². The molecule has 1 unspecified atom stereocenters. The van der Waals surface area contributed by atoms with Crippen molar-refractivity contribution in [2.45, 2.75) is 39.5 Å². The Morgan fingerprint density at radius 3 is 2.18 bits per heavy atom. The van der Waals surface area contributed by atoms with E-state index >= 15 is 0 Å². The first-order chi connectivity index (χ1) is 13.3. The van der Waals surface area contributed by atoms with E-state index in [1.807, 2.05) is 30.3 Å². The number of esters is 1. The zero-order valence-electron chi connectivity index (χ0n) is 17.4. The molecule has 1 aliphatic rings. The Balaban J connectivity index is 2.22. The smallest absolute Gasteiger partial charge is 0.312 e. The molecule has 0 amide bonds. The molecular formula is C23H28O5. The molecule has 150 valence electrons. The van der Waals surface area contributed by atoms with E-state index in [4.69, 9.17) is 18.9 Å². The number of carbonyl (C=O) groups is 1. The van der Waals surface area contributed by atoms with E-state index in [0.717, 1.165) is 22.4 Å². The van der Waals surface area contributed by atoms with Crippen LogP contribution >= 0.6 is 0 Å². The van der Waals surface area contributed by atoms with Crippen LogP contribution in [0.15, 0.2) is 30.3 Å². The molecule has 0 radical (unpaired) electrons. The van der Waals surface area contributed by atoms with E-state index in [9.17, 15) is 4.79 Å². The van der Waals surface area contributed by atoms with Crippen LogP contribution in [0.3, 0.4) is 0 Å². The summed E-state index contributed by atoms with van der Waals surface area (Å²) in [4.78, 5) is 12.5. The van der Waals surface area contributed by atoms with Gasteiger partial charge in [-0.05, 0) is 29.5 Å². The molecule has 0 saturated heterocycles. The summed E-state index contributed by atoms with van der Waals surface area (Å²) in [6, 6.07) is 9.68. The Hall–Kier alpha value is -2.69. The normalized spacial score (nSPS) is 16.2. The first-order valence-corrected chi connectivity index (χ1v) is 9.39. The zero-order chi connectivity index (χ0) is 20.5. The number of benzene rings is 2. The van der Waals surface area contributed by atoms with Gasteiger partial charge in [0.2, 0.25) is 0 Å². The molecule has 0 aliphatic carbocycles. The molecule has 2 aromatic carbocycles. The largest absolute Gasteiger partial charge is 0.497 e. The highest BCUT2D eigenvalue weighted by Crippen LogP contribution is 2.50. The summed E-state index contributed by atoms with van der Waals surface area (Å²) in [7, 11) is 4.88. The molecule has 0 bridgehead atoms. The molecule has 1 atom stereocenters. The Bertz CT molecular complexity index is 862. The molecule has 5 nitrogen and oxygen atoms in total. The second kappa shape index (κ2) is 7.74. The lowest BCUT2D eigenvalue weighted by atomic mass is 9.81. The Kier molecular flexibility index (Phi) is 5.54. The van der Waals surface area contributed by atoms with Crippen molar-refractivity contribution >= 4 is 5.97 Å². The molecule has 28 heavy (non-hydrogen) atoms. The summed E-state index contributed by atoms with van der Waals surface area (Å²) in [6.45, 7) is 6.44. The molecule has 0 saturated carbocycles. The molecule has 0 aromatic heterocycles. The van der Waals surface area contributed by atoms with Gasteiger partial charge in [0, 0.05) is 23.1 Å². The lowest BCUT2D eigenvalue weighted by Crippen LogP contribution is -2.24. The molecule has 1 heterocycles. The van der Waals surface area contributed by atoms with Crippen LogP contribution in [0.5, 0.6) is 23.0 Å². The van der Waals surface area contributed by atoms with Crippen molar-refractivity contribution in [2.24, 2.45) is 5.41 Å². The second-order valence-electron chi connectivity index (χ2n) is 8.24. The van der Waals surface area contributed by atoms with Crippen molar-refractivity contribution < 1.29 is 23.7 Å². The predicted molar refractivity (Wildman–Crippen MR) is 108 cm³/mol. The quantitative estimate of drug-likeness (QED) is 0.550. The van der Waals surface area contributed by atoms with Crippen molar-refractivity contribution in [1.29, 1.82) is 0 Å². The number of hydrogen-bond acceptors (Lipinski definition) is 5. The molecule has 5 heteroatoms. The van der Waals surface area contributed by atoms with Gasteiger partial charge in [-0.15, -0.1) is 0 Å². The van der Waals surface area contributed by atoms with Gasteiger partial charge in [-0.3, -0.25) is 4.79 Å². The van der Waals surface area contributed by atoms with E-state index in [1.54, 1.807) is 21.3 Å². The fraction of sp³-hybridized carbons (Fsp3) is 0.435. The average Bonchev–Trinajstić information content (AvgIpc) is 2.66. The number of ether oxygens (including phenoxy) is 4. The van der Waals surface area contributed by atoms with E-state index in [2.05, 4.69) is 20.8 Å². The first kappa shape index (κ1) is 20.1. The SMILES string of the molecule is COc1ccc(C2CC(=O)Oc3c(CC(C)(C)C)c(OC)cc(OC)c32)cc1. The van der Waals surface area contributed by atoms with Gasteiger partial charge in [-0.1, -0.05) is 32.9 Å². The molecule has 2 aromatic rings. The van der Waals surface area contributed by atoms with Crippen LogP contribution in [0, 0.1) is 5.41 Å². The van der Waals surface area contributed by atoms with Crippen molar-refractivity contribution in [3.8, 4) is 23.0 Å². The highest BCUT2D eigenvalue weighted by molar-refractivity contribution is 5.80. The van der Waals surface area contributed by atoms with Crippen LogP contribution in [0.1, 0.15) is 49.8 Å². The van der Waals surface area contributed by atoms with Crippen LogP contribution in [-0.2, 0) is 11.2 Å². The fourth-order valence-electron chi connectivity index (χ4n) is 3.71. The summed E-state index contributed by atoms with van der Waals surface area (Å²) in [6.07, 6.45) is 0.974. The van der Waals surface area contributed by atoms with Crippen molar-refractivity contribution in [2.75, 3.05) is 21.3 Å². The monoisotopic (exact) mass is 384 g/mol. The molecule has 0 N–H and O–H groups in total. The summed E-state index contributed by atoms with van der Waals surface area (Å²) in [5.74, 6) is 2.28. The number of hydrogen-bond donors (Lipinski definition) is 0. The number of rotatable bonds is 5. The van der Waals surface area contributed by atoms with Gasteiger partial charge < -0.3 is 18.9 Å². The molecule has 3 rings (SSSR count). The van der Waals surface area contributed by atoms with Gasteiger partial charge in [0.1, 0.15) is 23.0 Å². The van der Waals surface area contributed by atoms with Gasteiger partial charge in [-0.25, -0.2) is 0 Å². The maximum absolute atomic E-state index is 12.5. The maximum Gasteiger partial charge on any atom is 0.312 e. The lowest BCUT2D eigenvalue weighted by Gasteiger charge is -2.31. The van der Waals surface area contributed by atoms with Gasteiger partial charge >= 0.3 is 5.97 Å². The Morgan fingerprint density at radius 1 is 1.00 bits per heavy atom. The Morgan fingerprint density at radius 2 is 1.64 bits per heavy atom. The minimum absolute atomic E-state index is 0.00486. The van der Waals surface area contributed by atoms with Gasteiger partial charge in [0.15, 0.2) is 0 Å². The van der Waals surface area contributed by atoms with E-state index in [1.165, 1.54) is 0 Å². The average molecular weight is 384 g/mol. The summed E-state index contributed by atoms with van der Waals surface area (Å²) < 4.78 is 22.3. The van der Waals surface area contributed by atoms with E-state index < -0.39 is 0 Å². The van der Waals surface area contributed by atoms with Gasteiger partial charge in [-0.2, -0.15) is 0 Å². The van der Waals surface area contributed by atoms with Gasteiger partial charge in [0.05, 0.1) is 27.8 Å². The summed E-state index contributed by atoms with van der Waals surface area (Å²) >= 11 is 0. The standard InChI is InChI=1S/C23H28O5/c1-23(2,3)13-17-18(26-5)12-19(27-6)21-16(11-20(24)28-22(17)21)14-7-9-15(25-4)10-8-14/h7-10,12,16H,11,13H2,1-6H3. The summed E-state index contributed by atoms with van der Waals surface area (Å²) in [5, 5.41) is 0. The maximum atomic E-state index is 12.5. The topological polar surface area (TPSA) is 54.0 Å². The van der Waals surface area contributed by atoms with Crippen LogP contribution in [0.4, 0.5) is 0 Å². The first-order valence-electron chi connectivity index (χ1n) is 9.39. The molecular weight excluding hydrogens is 356 g/mol. The van der Waals surface area contributed by atoms with E-state index in [-0.39, 0.29) is 23.7 Å². The second-order valence-corrected chi connectivity index (χ2v) is 8.24. The van der Waals surface area contributed by atoms with Gasteiger partial charge in [0.25, 0.3) is 0 Å². The van der Waals surface area contributed by atoms with Crippen molar-refractivity contribution in [3.05, 3.63) is 47.0 Å². The number of carbonyl (C=O) groups excluding carboxylic acids is 1. The van der Waals surface area contributed by atoms with Crippen LogP contribution in [0.2, 0.25) is 0 Å². The van der Waals surface area contributed by atoms with E-state index in [0.29, 0.717) is 23.7 Å². The van der Waals surface area contributed by atoms with Crippen molar-refractivity contribution in [1.82, 2.24) is 0 Å². The van der Waals surface area contributed by atoms with Crippen LogP contribution < -0.4 is 18.9 Å². The zero-order valence-corrected chi connectivity index (χ0v) is 17.4. The molecule has 1 aliphatic heterocycles. The minimum atomic E-state index is -0.251. The Labute approximate surface area is 166 Å². The third-order valence-electron chi connectivity index (χ3n) is 4.94. The number of methoxy groups -OCH3 is 3. The number of fused-ring (bicyclic) bond motifs is 1.